The van der Waals surface area contributed by atoms with Crippen LogP contribution in [0.4, 0.5) is 0 Å². The van der Waals surface area contributed by atoms with Gasteiger partial charge in [0.05, 0.1) is 6.10 Å². The summed E-state index contributed by atoms with van der Waals surface area (Å²) in [6, 6.07) is 0. The molecule has 4 heteroatoms. The third-order valence-corrected chi connectivity index (χ3v) is 7.24. The molecule has 7 fully saturated rings. The monoisotopic (exact) mass is 219 g/mol. The lowest BCUT2D eigenvalue weighted by Gasteiger charge is -2.44. The summed E-state index contributed by atoms with van der Waals surface area (Å²) in [6.45, 7) is 0.0955. The van der Waals surface area contributed by atoms with Crippen molar-refractivity contribution in [1.82, 2.24) is 0 Å². The van der Waals surface area contributed by atoms with Gasteiger partial charge in [-0.25, -0.2) is 0 Å². The van der Waals surface area contributed by atoms with Gasteiger partial charge in [0.15, 0.2) is 0 Å². The summed E-state index contributed by atoms with van der Waals surface area (Å²) in [5, 5.41) is 10.9. The first-order valence-electron chi connectivity index (χ1n) is 6.54. The minimum absolute atomic E-state index is 0.0955. The average molecular weight is 219 g/mol. The van der Waals surface area contributed by atoms with Crippen LogP contribution in [0.25, 0.3) is 0 Å². The molecule has 0 aromatic heterocycles. The topological polar surface area (TPSA) is 52.4 Å². The Labute approximate surface area is 92.5 Å². The first-order chi connectivity index (χ1) is 7.74. The quantitative estimate of drug-likeness (QED) is 0.509. The maximum absolute atomic E-state index is 10.9. The molecule has 10 atom stereocenters. The Kier molecular flexibility index (Phi) is 0.832. The fourth-order valence-electron chi connectivity index (χ4n) is 7.66. The van der Waals surface area contributed by atoms with Gasteiger partial charge in [0, 0.05) is 16.8 Å². The Morgan fingerprint density at radius 2 is 2.06 bits per heavy atom. The Morgan fingerprint density at radius 3 is 2.88 bits per heavy atom. The van der Waals surface area contributed by atoms with E-state index in [9.17, 15) is 10.1 Å². The SMILES string of the molecule is O=[N+]([O-])C[C@@]12O[C@@H]3[C@@H]4[C@@H]5[C@@H]6C[C@@H]([C@H]5[C@@H]41)[C@H]2[C@@H]63. The van der Waals surface area contributed by atoms with Crippen molar-refractivity contribution in [2.45, 2.75) is 18.1 Å². The maximum Gasteiger partial charge on any atom is 0.233 e. The molecular weight excluding hydrogens is 206 g/mol. The molecule has 4 nitrogen and oxygen atoms in total. The van der Waals surface area contributed by atoms with Crippen molar-refractivity contribution < 1.29 is 9.66 Å². The second-order valence-electron chi connectivity index (χ2n) is 6.95. The molecule has 0 aromatic carbocycles. The summed E-state index contributed by atoms with van der Waals surface area (Å²) < 4.78 is 6.22. The summed E-state index contributed by atoms with van der Waals surface area (Å²) in [5.41, 5.74) is -0.291. The maximum atomic E-state index is 10.9. The molecule has 84 valence electrons. The van der Waals surface area contributed by atoms with Crippen molar-refractivity contribution in [2.24, 2.45) is 47.3 Å². The molecule has 0 unspecified atom stereocenters. The van der Waals surface area contributed by atoms with E-state index in [-0.39, 0.29) is 17.1 Å². The lowest BCUT2D eigenvalue weighted by molar-refractivity contribution is -0.503. The number of rotatable bonds is 2. The highest BCUT2D eigenvalue weighted by atomic mass is 16.6. The van der Waals surface area contributed by atoms with Crippen molar-refractivity contribution in [3.05, 3.63) is 10.1 Å². The van der Waals surface area contributed by atoms with Crippen LogP contribution in [0.2, 0.25) is 0 Å². The first kappa shape index (κ1) is 7.64. The normalized spacial score (nSPS) is 77.9. The molecule has 4 bridgehead atoms. The van der Waals surface area contributed by atoms with Crippen molar-refractivity contribution >= 4 is 0 Å². The van der Waals surface area contributed by atoms with Crippen LogP contribution in [-0.4, -0.2) is 23.2 Å². The molecule has 2 heterocycles. The van der Waals surface area contributed by atoms with E-state index in [4.69, 9.17) is 4.74 Å². The zero-order valence-electron chi connectivity index (χ0n) is 8.78. The predicted molar refractivity (Wildman–Crippen MR) is 52.0 cm³/mol. The van der Waals surface area contributed by atoms with Crippen LogP contribution in [0, 0.1) is 57.5 Å². The van der Waals surface area contributed by atoms with E-state index >= 15 is 0 Å². The summed E-state index contributed by atoms with van der Waals surface area (Å²) in [6.07, 6.45) is 1.82. The molecule has 0 amide bonds. The molecule has 5 saturated carbocycles. The van der Waals surface area contributed by atoms with Gasteiger partial charge in [-0.3, -0.25) is 10.1 Å². The number of hydrogen-bond acceptors (Lipinski definition) is 3. The van der Waals surface area contributed by atoms with Crippen molar-refractivity contribution in [3.8, 4) is 0 Å². The Balaban J connectivity index is 1.62. The molecule has 2 aliphatic heterocycles. The van der Waals surface area contributed by atoms with Gasteiger partial charge in [-0.05, 0) is 41.9 Å². The minimum Gasteiger partial charge on any atom is -0.364 e. The molecule has 2 saturated heterocycles. The van der Waals surface area contributed by atoms with Gasteiger partial charge >= 0.3 is 0 Å². The smallest absolute Gasteiger partial charge is 0.233 e. The van der Waals surface area contributed by atoms with Crippen LogP contribution in [-0.2, 0) is 4.74 Å². The highest BCUT2D eigenvalue weighted by Gasteiger charge is 2.93. The Bertz CT molecular complexity index is 455. The number of nitro groups is 1. The van der Waals surface area contributed by atoms with Crippen LogP contribution in [0.5, 0.6) is 0 Å². The summed E-state index contributed by atoms with van der Waals surface area (Å²) in [7, 11) is 0. The van der Waals surface area contributed by atoms with Gasteiger partial charge < -0.3 is 4.74 Å². The molecule has 0 radical (unpaired) electrons. The third kappa shape index (κ3) is 0.424. The summed E-state index contributed by atoms with van der Waals surface area (Å²) in [5.74, 6) is 6.13. The minimum atomic E-state index is -0.291. The largest absolute Gasteiger partial charge is 0.364 e. The van der Waals surface area contributed by atoms with E-state index < -0.39 is 0 Å². The average Bonchev–Trinajstić information content (AvgIpc) is 2.73. The first-order valence-corrected chi connectivity index (χ1v) is 6.54. The third-order valence-electron chi connectivity index (χ3n) is 7.24. The molecule has 0 aromatic rings. The van der Waals surface area contributed by atoms with Gasteiger partial charge in [-0.15, -0.1) is 0 Å². The molecule has 7 rings (SSSR count). The standard InChI is InChI=1S/C12H13NO3/c14-13(15)2-12-9-4-1-3-5-6(4)10(12)8(5)11(16-12)7(3)9/h3-11H,1-2H2/t3-,4-,5+,6+,7+,8+,9-,10-,11-,12-/m0/s1. The lowest BCUT2D eigenvalue weighted by Crippen LogP contribution is -2.51. The number of ether oxygens (including phenoxy) is 1. The van der Waals surface area contributed by atoms with E-state index in [1.54, 1.807) is 0 Å². The van der Waals surface area contributed by atoms with Crippen molar-refractivity contribution in [1.29, 1.82) is 0 Å². The van der Waals surface area contributed by atoms with Crippen molar-refractivity contribution in [2.75, 3.05) is 6.54 Å². The Hall–Kier alpha value is -0.640. The second-order valence-corrected chi connectivity index (χ2v) is 6.95. The van der Waals surface area contributed by atoms with Gasteiger partial charge in [0.25, 0.3) is 0 Å². The second kappa shape index (κ2) is 1.74. The van der Waals surface area contributed by atoms with Gasteiger partial charge in [-0.1, -0.05) is 0 Å². The predicted octanol–water partition coefficient (Wildman–Crippen LogP) is 0.788. The van der Waals surface area contributed by atoms with Crippen LogP contribution in [0.3, 0.4) is 0 Å². The van der Waals surface area contributed by atoms with E-state index in [0.717, 1.165) is 35.5 Å². The zero-order chi connectivity index (χ0) is 10.4. The summed E-state index contributed by atoms with van der Waals surface area (Å²) >= 11 is 0. The van der Waals surface area contributed by atoms with Gasteiger partial charge in [0.1, 0.15) is 5.60 Å². The van der Waals surface area contributed by atoms with Crippen LogP contribution >= 0.6 is 0 Å². The van der Waals surface area contributed by atoms with Crippen LogP contribution in [0.15, 0.2) is 0 Å². The molecule has 0 spiro atoms. The van der Waals surface area contributed by atoms with E-state index in [0.29, 0.717) is 17.9 Å². The fraction of sp³-hybridized carbons (Fsp3) is 1.00. The zero-order valence-corrected chi connectivity index (χ0v) is 8.78. The number of hydrogen-bond donors (Lipinski definition) is 0. The molecule has 0 N–H and O–H groups in total. The van der Waals surface area contributed by atoms with E-state index in [1.807, 2.05) is 0 Å². The van der Waals surface area contributed by atoms with Crippen LogP contribution in [0.1, 0.15) is 6.42 Å². The fourth-order valence-corrected chi connectivity index (χ4v) is 7.66. The van der Waals surface area contributed by atoms with E-state index in [2.05, 4.69) is 0 Å². The van der Waals surface area contributed by atoms with Crippen molar-refractivity contribution in [3.63, 3.8) is 0 Å². The highest BCUT2D eigenvalue weighted by molar-refractivity contribution is 5.39. The molecule has 16 heavy (non-hydrogen) atoms. The highest BCUT2D eigenvalue weighted by Crippen LogP contribution is 2.90. The Morgan fingerprint density at radius 1 is 1.19 bits per heavy atom. The summed E-state index contributed by atoms with van der Waals surface area (Å²) in [4.78, 5) is 10.8. The van der Waals surface area contributed by atoms with Crippen LogP contribution < -0.4 is 0 Å². The van der Waals surface area contributed by atoms with Gasteiger partial charge in [0.2, 0.25) is 6.54 Å². The molecule has 7 aliphatic rings. The lowest BCUT2D eigenvalue weighted by atomic mass is 9.57. The molecule has 5 aliphatic carbocycles. The number of nitrogens with zero attached hydrogens (tertiary/aromatic N) is 1. The molecular formula is C12H13NO3. The van der Waals surface area contributed by atoms with E-state index in [1.165, 1.54) is 6.42 Å². The van der Waals surface area contributed by atoms with Gasteiger partial charge in [-0.2, -0.15) is 0 Å².